The summed E-state index contributed by atoms with van der Waals surface area (Å²) in [6.45, 7) is 1.76. The molecule has 1 saturated heterocycles. The molecule has 2 heterocycles. The van der Waals surface area contributed by atoms with Crippen molar-refractivity contribution in [3.05, 3.63) is 24.2 Å². The minimum atomic E-state index is -0.682. The van der Waals surface area contributed by atoms with Crippen LogP contribution in [0.25, 0.3) is 0 Å². The van der Waals surface area contributed by atoms with Gasteiger partial charge in [-0.3, -0.25) is 14.9 Å². The molecule has 1 aromatic rings. The number of aliphatic hydroxyl groups is 1. The van der Waals surface area contributed by atoms with Gasteiger partial charge in [0, 0.05) is 0 Å². The van der Waals surface area contributed by atoms with Crippen molar-refractivity contribution < 1.29 is 23.8 Å². The first-order chi connectivity index (χ1) is 9.17. The molecule has 3 atom stereocenters. The van der Waals surface area contributed by atoms with E-state index in [4.69, 9.17) is 9.15 Å². The molecule has 1 aliphatic heterocycles. The molecular weight excluding hydrogens is 270 g/mol. The first kappa shape index (κ1) is 14.1. The number of esters is 1. The van der Waals surface area contributed by atoms with E-state index < -0.39 is 22.6 Å². The Morgan fingerprint density at radius 3 is 2.95 bits per heavy atom. The molecule has 1 fully saturated rings. The van der Waals surface area contributed by atoms with E-state index in [-0.39, 0.29) is 24.8 Å². The van der Waals surface area contributed by atoms with Gasteiger partial charge in [0.05, 0.1) is 24.7 Å². The Morgan fingerprint density at radius 2 is 2.37 bits per heavy atom. The standard InChI is InChI=1S/C12H15NO5S/c1-2-17-12(16)9-8(6-14)19-11(13-9)10(15)7-4-3-5-18-7/h3-5,8-9,11,13-14H,2,6H2,1H3. The third-order valence-electron chi connectivity index (χ3n) is 2.74. The van der Waals surface area contributed by atoms with Crippen LogP contribution in [0.2, 0.25) is 0 Å². The van der Waals surface area contributed by atoms with Gasteiger partial charge in [0.25, 0.3) is 0 Å². The Morgan fingerprint density at radius 1 is 1.58 bits per heavy atom. The van der Waals surface area contributed by atoms with E-state index in [2.05, 4.69) is 5.32 Å². The van der Waals surface area contributed by atoms with Gasteiger partial charge >= 0.3 is 5.97 Å². The van der Waals surface area contributed by atoms with Gasteiger partial charge in [-0.25, -0.2) is 0 Å². The van der Waals surface area contributed by atoms with Crippen LogP contribution in [0.1, 0.15) is 17.5 Å². The molecule has 7 heteroatoms. The largest absolute Gasteiger partial charge is 0.465 e. The third-order valence-corrected chi connectivity index (χ3v) is 4.13. The van der Waals surface area contributed by atoms with E-state index in [1.54, 1.807) is 19.1 Å². The number of Topliss-reactive ketones (excluding diaryl/α,β-unsaturated/α-hetero) is 1. The molecule has 3 unspecified atom stereocenters. The molecule has 19 heavy (non-hydrogen) atoms. The summed E-state index contributed by atoms with van der Waals surface area (Å²) >= 11 is 1.21. The average Bonchev–Trinajstić information content (AvgIpc) is 3.07. The van der Waals surface area contributed by atoms with E-state index in [0.29, 0.717) is 0 Å². The highest BCUT2D eigenvalue weighted by molar-refractivity contribution is 8.01. The zero-order valence-electron chi connectivity index (χ0n) is 10.4. The van der Waals surface area contributed by atoms with Crippen LogP contribution in [0, 0.1) is 0 Å². The second kappa shape index (κ2) is 6.23. The number of ketones is 1. The van der Waals surface area contributed by atoms with Crippen molar-refractivity contribution in [3.63, 3.8) is 0 Å². The number of aliphatic hydroxyl groups excluding tert-OH is 1. The molecule has 0 amide bonds. The quantitative estimate of drug-likeness (QED) is 0.598. The zero-order valence-corrected chi connectivity index (χ0v) is 11.2. The fraction of sp³-hybridized carbons (Fsp3) is 0.500. The van der Waals surface area contributed by atoms with Crippen molar-refractivity contribution in [2.24, 2.45) is 0 Å². The molecule has 0 aromatic carbocycles. The maximum atomic E-state index is 12.1. The van der Waals surface area contributed by atoms with Crippen LogP contribution in [0.5, 0.6) is 0 Å². The molecule has 1 aromatic heterocycles. The Balaban J connectivity index is 2.06. The van der Waals surface area contributed by atoms with Gasteiger partial charge in [0.1, 0.15) is 11.4 Å². The van der Waals surface area contributed by atoms with E-state index in [1.807, 2.05) is 0 Å². The summed E-state index contributed by atoms with van der Waals surface area (Å²) in [6.07, 6.45) is 1.42. The van der Waals surface area contributed by atoms with E-state index in [1.165, 1.54) is 18.0 Å². The number of hydrogen-bond donors (Lipinski definition) is 2. The van der Waals surface area contributed by atoms with Gasteiger partial charge in [-0.15, -0.1) is 11.8 Å². The van der Waals surface area contributed by atoms with Crippen molar-refractivity contribution in [3.8, 4) is 0 Å². The number of nitrogens with one attached hydrogen (secondary N) is 1. The molecule has 0 spiro atoms. The Hall–Kier alpha value is -1.31. The van der Waals surface area contributed by atoms with Crippen LogP contribution < -0.4 is 5.32 Å². The topological polar surface area (TPSA) is 88.8 Å². The highest BCUT2D eigenvalue weighted by Gasteiger charge is 2.43. The minimum absolute atomic E-state index is 0.205. The Bertz CT molecular complexity index is 447. The van der Waals surface area contributed by atoms with Crippen LogP contribution >= 0.6 is 11.8 Å². The second-order valence-electron chi connectivity index (χ2n) is 3.98. The van der Waals surface area contributed by atoms with Crippen molar-refractivity contribution in [1.82, 2.24) is 5.32 Å². The van der Waals surface area contributed by atoms with Crippen molar-refractivity contribution in [1.29, 1.82) is 0 Å². The number of thioether (sulfide) groups is 1. The third kappa shape index (κ3) is 2.99. The first-order valence-corrected chi connectivity index (χ1v) is 6.88. The number of carbonyl (C=O) groups is 2. The van der Waals surface area contributed by atoms with E-state index in [9.17, 15) is 14.7 Å². The van der Waals surface area contributed by atoms with Gasteiger partial charge in [-0.05, 0) is 19.1 Å². The molecule has 0 radical (unpaired) electrons. The lowest BCUT2D eigenvalue weighted by Gasteiger charge is -2.14. The van der Waals surface area contributed by atoms with Crippen molar-refractivity contribution in [2.45, 2.75) is 23.6 Å². The molecule has 2 N–H and O–H groups in total. The molecule has 104 valence electrons. The summed E-state index contributed by atoms with van der Waals surface area (Å²) < 4.78 is 9.95. The van der Waals surface area contributed by atoms with Gasteiger partial charge in [0.2, 0.25) is 5.78 Å². The van der Waals surface area contributed by atoms with Crippen molar-refractivity contribution >= 4 is 23.5 Å². The molecule has 0 bridgehead atoms. The van der Waals surface area contributed by atoms with Gasteiger partial charge in [-0.2, -0.15) is 0 Å². The summed E-state index contributed by atoms with van der Waals surface area (Å²) in [4.78, 5) is 23.8. The van der Waals surface area contributed by atoms with E-state index >= 15 is 0 Å². The summed E-state index contributed by atoms with van der Waals surface area (Å²) in [6, 6.07) is 2.51. The molecule has 0 saturated carbocycles. The highest BCUT2D eigenvalue weighted by Crippen LogP contribution is 2.30. The summed E-state index contributed by atoms with van der Waals surface area (Å²) in [7, 11) is 0. The Kier molecular flexibility index (Phi) is 4.62. The van der Waals surface area contributed by atoms with Crippen LogP contribution in [0.3, 0.4) is 0 Å². The van der Waals surface area contributed by atoms with Crippen LogP contribution in [-0.4, -0.2) is 46.7 Å². The number of hydrogen-bond acceptors (Lipinski definition) is 7. The van der Waals surface area contributed by atoms with Gasteiger partial charge in [-0.1, -0.05) is 0 Å². The lowest BCUT2D eigenvalue weighted by Crippen LogP contribution is -2.44. The molecule has 0 aliphatic carbocycles. The van der Waals surface area contributed by atoms with Crippen molar-refractivity contribution in [2.75, 3.05) is 13.2 Å². The minimum Gasteiger partial charge on any atom is -0.465 e. The fourth-order valence-corrected chi connectivity index (χ4v) is 3.10. The monoisotopic (exact) mass is 285 g/mol. The predicted molar refractivity (Wildman–Crippen MR) is 68.8 cm³/mol. The van der Waals surface area contributed by atoms with Crippen LogP contribution in [-0.2, 0) is 9.53 Å². The summed E-state index contributed by atoms with van der Waals surface area (Å²) in [5, 5.41) is 11.2. The van der Waals surface area contributed by atoms with Gasteiger partial charge in [0.15, 0.2) is 5.76 Å². The first-order valence-electron chi connectivity index (χ1n) is 5.94. The predicted octanol–water partition coefficient (Wildman–Crippen LogP) is 0.417. The van der Waals surface area contributed by atoms with Crippen LogP contribution in [0.15, 0.2) is 22.8 Å². The Labute approximate surface area is 114 Å². The number of rotatable bonds is 5. The summed E-state index contributed by atoms with van der Waals surface area (Å²) in [5.41, 5.74) is 0. The fourth-order valence-electron chi connectivity index (χ4n) is 1.85. The smallest absolute Gasteiger partial charge is 0.324 e. The van der Waals surface area contributed by atoms with Gasteiger partial charge < -0.3 is 14.3 Å². The lowest BCUT2D eigenvalue weighted by molar-refractivity contribution is -0.145. The maximum Gasteiger partial charge on any atom is 0.324 e. The zero-order chi connectivity index (χ0) is 13.8. The number of furan rings is 1. The van der Waals surface area contributed by atoms with E-state index in [0.717, 1.165) is 0 Å². The molecular formula is C12H15NO5S. The maximum absolute atomic E-state index is 12.1. The SMILES string of the molecule is CCOC(=O)C1NC(C(=O)c2ccco2)SC1CO. The second-order valence-corrected chi connectivity index (χ2v) is 5.32. The number of ether oxygens (including phenoxy) is 1. The molecule has 1 aliphatic rings. The lowest BCUT2D eigenvalue weighted by atomic mass is 10.2. The number of carbonyl (C=O) groups excluding carboxylic acids is 2. The van der Waals surface area contributed by atoms with Crippen LogP contribution in [0.4, 0.5) is 0 Å². The average molecular weight is 285 g/mol. The highest BCUT2D eigenvalue weighted by atomic mass is 32.2. The molecule has 6 nitrogen and oxygen atoms in total. The summed E-state index contributed by atoms with van der Waals surface area (Å²) in [5.74, 6) is -0.477. The normalized spacial score (nSPS) is 26.3. The molecule has 2 rings (SSSR count).